The molecule has 2 rings (SSSR count). The molecule has 110 valence electrons. The van der Waals surface area contributed by atoms with E-state index in [0.717, 1.165) is 11.3 Å². The second kappa shape index (κ2) is 6.58. The molecule has 0 aromatic heterocycles. The lowest BCUT2D eigenvalue weighted by Crippen LogP contribution is -2.09. The predicted octanol–water partition coefficient (Wildman–Crippen LogP) is 2.47. The molecule has 7 nitrogen and oxygen atoms in total. The zero-order chi connectivity index (χ0) is 15.2. The van der Waals surface area contributed by atoms with Gasteiger partial charge in [0.15, 0.2) is 0 Å². The van der Waals surface area contributed by atoms with Crippen molar-refractivity contribution >= 4 is 11.4 Å². The fourth-order valence-electron chi connectivity index (χ4n) is 1.79. The van der Waals surface area contributed by atoms with Crippen LogP contribution in [0.5, 0.6) is 11.5 Å². The summed E-state index contributed by atoms with van der Waals surface area (Å²) in [6.45, 7) is 0.277. The van der Waals surface area contributed by atoms with Crippen molar-refractivity contribution in [2.45, 2.75) is 6.61 Å². The van der Waals surface area contributed by atoms with Gasteiger partial charge in [-0.05, 0) is 42.0 Å². The van der Waals surface area contributed by atoms with Crippen molar-refractivity contribution in [1.82, 2.24) is 0 Å². The van der Waals surface area contributed by atoms with Crippen molar-refractivity contribution in [2.24, 2.45) is 5.84 Å². The zero-order valence-electron chi connectivity index (χ0n) is 11.4. The van der Waals surface area contributed by atoms with E-state index >= 15 is 0 Å². The SMILES string of the molecule is COc1ccc(OCc2ccc([N+](=O)[O-])c(NN)c2)cc1. The standard InChI is InChI=1S/C14H15N3O4/c1-20-11-3-5-12(6-4-11)21-9-10-2-7-14(17(18)19)13(8-10)16-15/h2-8,16H,9,15H2,1H3. The van der Waals surface area contributed by atoms with Crippen LogP contribution in [0.15, 0.2) is 42.5 Å². The average molecular weight is 289 g/mol. The zero-order valence-corrected chi connectivity index (χ0v) is 11.4. The van der Waals surface area contributed by atoms with Crippen molar-refractivity contribution in [3.63, 3.8) is 0 Å². The highest BCUT2D eigenvalue weighted by atomic mass is 16.6. The monoisotopic (exact) mass is 289 g/mol. The molecule has 0 radical (unpaired) electrons. The lowest BCUT2D eigenvalue weighted by molar-refractivity contribution is -0.384. The van der Waals surface area contributed by atoms with Gasteiger partial charge in [-0.3, -0.25) is 16.0 Å². The average Bonchev–Trinajstić information content (AvgIpc) is 2.52. The third kappa shape index (κ3) is 3.61. The van der Waals surface area contributed by atoms with E-state index < -0.39 is 4.92 Å². The molecule has 0 saturated carbocycles. The first-order valence-electron chi connectivity index (χ1n) is 6.15. The molecule has 2 aromatic carbocycles. The fraction of sp³-hybridized carbons (Fsp3) is 0.143. The minimum atomic E-state index is -0.497. The molecule has 0 aliphatic carbocycles. The summed E-state index contributed by atoms with van der Waals surface area (Å²) in [4.78, 5) is 10.3. The van der Waals surface area contributed by atoms with E-state index in [1.165, 1.54) is 6.07 Å². The molecule has 3 N–H and O–H groups in total. The topological polar surface area (TPSA) is 99.6 Å². The molecule has 0 bridgehead atoms. The number of nitrogens with one attached hydrogen (secondary N) is 1. The number of hydrogen-bond acceptors (Lipinski definition) is 6. The Hall–Kier alpha value is -2.80. The van der Waals surface area contributed by atoms with E-state index in [-0.39, 0.29) is 18.0 Å². The molecule has 0 unspecified atom stereocenters. The molecule has 0 spiro atoms. The molecule has 0 fully saturated rings. The molecule has 0 saturated heterocycles. The second-order valence-electron chi connectivity index (χ2n) is 4.22. The van der Waals surface area contributed by atoms with E-state index in [2.05, 4.69) is 5.43 Å². The number of rotatable bonds is 6. The number of methoxy groups -OCH3 is 1. The summed E-state index contributed by atoms with van der Waals surface area (Å²) in [5, 5.41) is 10.8. The van der Waals surface area contributed by atoms with E-state index in [1.807, 2.05) is 0 Å². The molecule has 0 amide bonds. The van der Waals surface area contributed by atoms with Crippen LogP contribution in [0.1, 0.15) is 5.56 Å². The quantitative estimate of drug-likeness (QED) is 0.481. The van der Waals surface area contributed by atoms with Crippen LogP contribution in [0.3, 0.4) is 0 Å². The smallest absolute Gasteiger partial charge is 0.293 e. The van der Waals surface area contributed by atoms with Gasteiger partial charge in [0.25, 0.3) is 5.69 Å². The predicted molar refractivity (Wildman–Crippen MR) is 78.2 cm³/mol. The summed E-state index contributed by atoms with van der Waals surface area (Å²) < 4.78 is 10.7. The van der Waals surface area contributed by atoms with Crippen molar-refractivity contribution in [1.29, 1.82) is 0 Å². The third-order valence-electron chi connectivity index (χ3n) is 2.88. The van der Waals surface area contributed by atoms with Crippen LogP contribution < -0.4 is 20.7 Å². The fourth-order valence-corrected chi connectivity index (χ4v) is 1.79. The number of benzene rings is 2. The van der Waals surface area contributed by atoms with Crippen LogP contribution >= 0.6 is 0 Å². The molecular formula is C14H15N3O4. The molecule has 21 heavy (non-hydrogen) atoms. The number of anilines is 1. The minimum absolute atomic E-state index is 0.0781. The number of nitrogen functional groups attached to an aromatic ring is 1. The number of hydrazine groups is 1. The van der Waals surface area contributed by atoms with Crippen LogP contribution in [0, 0.1) is 10.1 Å². The Balaban J connectivity index is 2.07. The Morgan fingerprint density at radius 3 is 2.43 bits per heavy atom. The van der Waals surface area contributed by atoms with Crippen molar-refractivity contribution < 1.29 is 14.4 Å². The molecule has 7 heteroatoms. The normalized spacial score (nSPS) is 10.0. The minimum Gasteiger partial charge on any atom is -0.497 e. The van der Waals surface area contributed by atoms with Crippen LogP contribution in [0.2, 0.25) is 0 Å². The van der Waals surface area contributed by atoms with Crippen LogP contribution in [-0.4, -0.2) is 12.0 Å². The first kappa shape index (κ1) is 14.6. The van der Waals surface area contributed by atoms with Gasteiger partial charge in [-0.15, -0.1) is 0 Å². The Bertz CT molecular complexity index is 629. The summed E-state index contributed by atoms with van der Waals surface area (Å²) >= 11 is 0. The molecule has 0 atom stereocenters. The van der Waals surface area contributed by atoms with Gasteiger partial charge >= 0.3 is 0 Å². The first-order chi connectivity index (χ1) is 10.1. The molecular weight excluding hydrogens is 274 g/mol. The van der Waals surface area contributed by atoms with Crippen LogP contribution in [-0.2, 0) is 6.61 Å². The second-order valence-corrected chi connectivity index (χ2v) is 4.22. The summed E-state index contributed by atoms with van der Waals surface area (Å²) in [6.07, 6.45) is 0. The van der Waals surface area contributed by atoms with Crippen molar-refractivity contribution in [3.05, 3.63) is 58.1 Å². The highest BCUT2D eigenvalue weighted by molar-refractivity contribution is 5.62. The third-order valence-corrected chi connectivity index (χ3v) is 2.88. The van der Waals surface area contributed by atoms with Gasteiger partial charge in [0, 0.05) is 6.07 Å². The maximum absolute atomic E-state index is 10.8. The highest BCUT2D eigenvalue weighted by Crippen LogP contribution is 2.25. The summed E-state index contributed by atoms with van der Waals surface area (Å²) in [5.41, 5.74) is 3.25. The van der Waals surface area contributed by atoms with Gasteiger partial charge in [-0.25, -0.2) is 0 Å². The summed E-state index contributed by atoms with van der Waals surface area (Å²) in [5.74, 6) is 6.71. The maximum Gasteiger partial charge on any atom is 0.293 e. The number of hydrogen-bond donors (Lipinski definition) is 2. The number of nitrogens with zero attached hydrogens (tertiary/aromatic N) is 1. The van der Waals surface area contributed by atoms with Gasteiger partial charge in [0.1, 0.15) is 23.8 Å². The number of ether oxygens (including phenoxy) is 2. The van der Waals surface area contributed by atoms with Gasteiger partial charge in [-0.1, -0.05) is 0 Å². The maximum atomic E-state index is 10.8. The number of nitro benzene ring substituents is 1. The van der Waals surface area contributed by atoms with E-state index in [1.54, 1.807) is 43.5 Å². The lowest BCUT2D eigenvalue weighted by Gasteiger charge is -2.09. The largest absolute Gasteiger partial charge is 0.497 e. The highest BCUT2D eigenvalue weighted by Gasteiger charge is 2.13. The van der Waals surface area contributed by atoms with Crippen molar-refractivity contribution in [2.75, 3.05) is 12.5 Å². The molecule has 0 aliphatic rings. The van der Waals surface area contributed by atoms with Gasteiger partial charge in [-0.2, -0.15) is 0 Å². The van der Waals surface area contributed by atoms with E-state index in [0.29, 0.717) is 5.75 Å². The molecule has 2 aromatic rings. The van der Waals surface area contributed by atoms with Gasteiger partial charge < -0.3 is 14.9 Å². The van der Waals surface area contributed by atoms with Crippen LogP contribution in [0.4, 0.5) is 11.4 Å². The molecule has 0 aliphatic heterocycles. The lowest BCUT2D eigenvalue weighted by atomic mass is 10.2. The Morgan fingerprint density at radius 2 is 1.86 bits per heavy atom. The Labute approximate surface area is 121 Å². The molecule has 0 heterocycles. The van der Waals surface area contributed by atoms with Crippen LogP contribution in [0.25, 0.3) is 0 Å². The Morgan fingerprint density at radius 1 is 1.19 bits per heavy atom. The summed E-state index contributed by atoms with van der Waals surface area (Å²) in [6, 6.07) is 11.8. The van der Waals surface area contributed by atoms with Gasteiger partial charge in [0.2, 0.25) is 0 Å². The Kier molecular flexibility index (Phi) is 4.57. The number of nitro groups is 1. The van der Waals surface area contributed by atoms with E-state index in [9.17, 15) is 10.1 Å². The first-order valence-corrected chi connectivity index (χ1v) is 6.15. The van der Waals surface area contributed by atoms with Gasteiger partial charge in [0.05, 0.1) is 12.0 Å². The number of nitrogens with two attached hydrogens (primary N) is 1. The van der Waals surface area contributed by atoms with E-state index in [4.69, 9.17) is 15.3 Å². The summed E-state index contributed by atoms with van der Waals surface area (Å²) in [7, 11) is 1.59. The van der Waals surface area contributed by atoms with Crippen molar-refractivity contribution in [3.8, 4) is 11.5 Å².